The fourth-order valence-corrected chi connectivity index (χ4v) is 2.03. The Bertz CT molecular complexity index is 578. The maximum Gasteiger partial charge on any atom is 0.143 e. The Morgan fingerprint density at radius 3 is 3.00 bits per heavy atom. The zero-order chi connectivity index (χ0) is 11.8. The molecule has 2 aromatic carbocycles. The van der Waals surface area contributed by atoms with E-state index in [-0.39, 0.29) is 5.75 Å². The monoisotopic (exact) mass is 227 g/mol. The molecule has 3 rings (SSSR count). The zero-order valence-electron chi connectivity index (χ0n) is 9.53. The molecule has 3 heteroatoms. The smallest absolute Gasteiger partial charge is 0.143 e. The summed E-state index contributed by atoms with van der Waals surface area (Å²) < 4.78 is 5.74. The first-order valence-electron chi connectivity index (χ1n) is 5.55. The van der Waals surface area contributed by atoms with Gasteiger partial charge in [-0.05, 0) is 36.8 Å². The molecule has 0 fully saturated rings. The van der Waals surface area contributed by atoms with E-state index in [4.69, 9.17) is 4.74 Å². The van der Waals surface area contributed by atoms with Gasteiger partial charge in [0.25, 0.3) is 0 Å². The normalized spacial score (nSPS) is 12.8. The number of rotatable bonds is 0. The van der Waals surface area contributed by atoms with Gasteiger partial charge in [0.1, 0.15) is 18.1 Å². The fraction of sp³-hybridized carbons (Fsp3) is 0.143. The number of benzene rings is 2. The molecule has 2 N–H and O–H groups in total. The van der Waals surface area contributed by atoms with Gasteiger partial charge in [0.15, 0.2) is 0 Å². The molecule has 2 aromatic rings. The first-order chi connectivity index (χ1) is 8.24. The van der Waals surface area contributed by atoms with Crippen molar-refractivity contribution in [1.29, 1.82) is 0 Å². The third-order valence-corrected chi connectivity index (χ3v) is 2.97. The number of aryl methyl sites for hydroxylation is 1. The first-order valence-corrected chi connectivity index (χ1v) is 5.55. The molecule has 0 aromatic heterocycles. The van der Waals surface area contributed by atoms with Gasteiger partial charge in [0, 0.05) is 11.3 Å². The maximum atomic E-state index is 9.47. The van der Waals surface area contributed by atoms with Crippen LogP contribution in [-0.2, 0) is 6.61 Å². The van der Waals surface area contributed by atoms with Crippen molar-refractivity contribution >= 4 is 11.4 Å². The van der Waals surface area contributed by atoms with Crippen molar-refractivity contribution < 1.29 is 9.84 Å². The molecule has 0 radical (unpaired) electrons. The van der Waals surface area contributed by atoms with Crippen LogP contribution in [0.2, 0.25) is 0 Å². The van der Waals surface area contributed by atoms with E-state index in [1.807, 2.05) is 31.2 Å². The molecule has 0 unspecified atom stereocenters. The number of para-hydroxylation sites is 1. The summed E-state index contributed by atoms with van der Waals surface area (Å²) in [7, 11) is 0. The lowest BCUT2D eigenvalue weighted by Crippen LogP contribution is -1.94. The second kappa shape index (κ2) is 3.70. The van der Waals surface area contributed by atoms with Crippen LogP contribution in [0.25, 0.3) is 0 Å². The van der Waals surface area contributed by atoms with Gasteiger partial charge >= 0.3 is 0 Å². The van der Waals surface area contributed by atoms with Crippen molar-refractivity contribution in [2.45, 2.75) is 13.5 Å². The van der Waals surface area contributed by atoms with E-state index in [0.717, 1.165) is 28.3 Å². The van der Waals surface area contributed by atoms with Crippen molar-refractivity contribution in [3.8, 4) is 11.5 Å². The van der Waals surface area contributed by atoms with E-state index < -0.39 is 0 Å². The van der Waals surface area contributed by atoms with E-state index in [1.165, 1.54) is 0 Å². The summed E-state index contributed by atoms with van der Waals surface area (Å²) in [4.78, 5) is 0. The van der Waals surface area contributed by atoms with Crippen LogP contribution in [-0.4, -0.2) is 5.11 Å². The summed E-state index contributed by atoms with van der Waals surface area (Å²) in [5.41, 5.74) is 4.08. The van der Waals surface area contributed by atoms with Gasteiger partial charge in [-0.1, -0.05) is 12.1 Å². The van der Waals surface area contributed by atoms with Crippen molar-refractivity contribution in [3.05, 3.63) is 47.5 Å². The lowest BCUT2D eigenvalue weighted by molar-refractivity contribution is 0.310. The van der Waals surface area contributed by atoms with Crippen molar-refractivity contribution in [2.75, 3.05) is 5.32 Å². The lowest BCUT2D eigenvalue weighted by atomic mass is 10.1. The van der Waals surface area contributed by atoms with E-state index in [9.17, 15) is 5.11 Å². The Hall–Kier alpha value is -2.16. The van der Waals surface area contributed by atoms with E-state index in [0.29, 0.717) is 6.61 Å². The van der Waals surface area contributed by atoms with Gasteiger partial charge in [0.2, 0.25) is 0 Å². The minimum absolute atomic E-state index is 0.261. The fourth-order valence-electron chi connectivity index (χ4n) is 2.03. The third kappa shape index (κ3) is 1.69. The molecule has 0 saturated carbocycles. The molecule has 1 heterocycles. The Kier molecular flexibility index (Phi) is 2.18. The van der Waals surface area contributed by atoms with Gasteiger partial charge < -0.3 is 15.2 Å². The third-order valence-electron chi connectivity index (χ3n) is 2.97. The minimum Gasteiger partial charge on any atom is -0.508 e. The van der Waals surface area contributed by atoms with Gasteiger partial charge in [-0.3, -0.25) is 0 Å². The molecule has 0 atom stereocenters. The highest BCUT2D eigenvalue weighted by molar-refractivity contribution is 5.73. The van der Waals surface area contributed by atoms with Crippen LogP contribution < -0.4 is 10.1 Å². The molecule has 86 valence electrons. The predicted molar refractivity (Wildman–Crippen MR) is 66.9 cm³/mol. The summed E-state index contributed by atoms with van der Waals surface area (Å²) in [6.07, 6.45) is 0. The lowest BCUT2D eigenvalue weighted by Gasteiger charge is -2.10. The molecule has 0 bridgehead atoms. The molecular formula is C14H13NO2. The number of phenols is 1. The van der Waals surface area contributed by atoms with Crippen LogP contribution in [0.3, 0.4) is 0 Å². The molecule has 3 nitrogen and oxygen atoms in total. The van der Waals surface area contributed by atoms with Gasteiger partial charge in [0.05, 0.1) is 5.69 Å². The topological polar surface area (TPSA) is 41.5 Å². The summed E-state index contributed by atoms with van der Waals surface area (Å²) in [5, 5.41) is 12.8. The van der Waals surface area contributed by atoms with Crippen LogP contribution in [0.4, 0.5) is 11.4 Å². The number of hydrogen-bond donors (Lipinski definition) is 2. The van der Waals surface area contributed by atoms with Gasteiger partial charge in [-0.2, -0.15) is 0 Å². The number of fused-ring (bicyclic) bond motifs is 2. The van der Waals surface area contributed by atoms with E-state index >= 15 is 0 Å². The van der Waals surface area contributed by atoms with Crippen LogP contribution in [0, 0.1) is 6.92 Å². The molecule has 17 heavy (non-hydrogen) atoms. The molecule has 0 spiro atoms. The Labute approximate surface area is 99.7 Å². The van der Waals surface area contributed by atoms with Gasteiger partial charge in [-0.25, -0.2) is 0 Å². The maximum absolute atomic E-state index is 9.47. The quantitative estimate of drug-likeness (QED) is 0.678. The first kappa shape index (κ1) is 10.0. The number of anilines is 2. The second-order valence-corrected chi connectivity index (χ2v) is 4.20. The number of hydrogen-bond acceptors (Lipinski definition) is 3. The predicted octanol–water partition coefficient (Wildman–Crippen LogP) is 3.34. The van der Waals surface area contributed by atoms with Crippen LogP contribution in [0.15, 0.2) is 36.4 Å². The number of ether oxygens (including phenoxy) is 1. The van der Waals surface area contributed by atoms with Crippen molar-refractivity contribution in [1.82, 2.24) is 0 Å². The van der Waals surface area contributed by atoms with E-state index in [2.05, 4.69) is 5.32 Å². The summed E-state index contributed by atoms with van der Waals surface area (Å²) >= 11 is 0. The Morgan fingerprint density at radius 1 is 1.24 bits per heavy atom. The summed E-state index contributed by atoms with van der Waals surface area (Å²) in [6.45, 7) is 2.51. The number of phenolic OH excluding ortho intramolecular Hbond substituents is 1. The summed E-state index contributed by atoms with van der Waals surface area (Å²) in [5.74, 6) is 1.11. The SMILES string of the molecule is Cc1cccc2c1Nc1ccc(O)cc1CO2. The molecule has 0 amide bonds. The number of nitrogens with one attached hydrogen (secondary N) is 1. The summed E-state index contributed by atoms with van der Waals surface area (Å²) in [6, 6.07) is 11.2. The Balaban J connectivity index is 2.12. The van der Waals surface area contributed by atoms with Crippen LogP contribution in [0.5, 0.6) is 11.5 Å². The minimum atomic E-state index is 0.261. The molecule has 0 saturated heterocycles. The largest absolute Gasteiger partial charge is 0.508 e. The Morgan fingerprint density at radius 2 is 2.12 bits per heavy atom. The van der Waals surface area contributed by atoms with Gasteiger partial charge in [-0.15, -0.1) is 0 Å². The average molecular weight is 227 g/mol. The molecular weight excluding hydrogens is 214 g/mol. The van der Waals surface area contributed by atoms with E-state index in [1.54, 1.807) is 12.1 Å². The molecule has 1 aliphatic rings. The average Bonchev–Trinajstić information content (AvgIpc) is 2.49. The highest BCUT2D eigenvalue weighted by Gasteiger charge is 2.15. The number of aromatic hydroxyl groups is 1. The highest BCUT2D eigenvalue weighted by Crippen LogP contribution is 2.36. The zero-order valence-corrected chi connectivity index (χ0v) is 9.53. The van der Waals surface area contributed by atoms with Crippen molar-refractivity contribution in [2.24, 2.45) is 0 Å². The molecule has 1 aliphatic heterocycles. The standard InChI is InChI=1S/C14H13NO2/c1-9-3-2-4-13-14(9)15-12-6-5-11(16)7-10(12)8-17-13/h2-7,15-16H,8H2,1H3. The molecule has 0 aliphatic carbocycles. The highest BCUT2D eigenvalue weighted by atomic mass is 16.5. The van der Waals surface area contributed by atoms with Crippen LogP contribution in [0.1, 0.15) is 11.1 Å². The second-order valence-electron chi connectivity index (χ2n) is 4.20. The van der Waals surface area contributed by atoms with Crippen LogP contribution >= 0.6 is 0 Å². The van der Waals surface area contributed by atoms with Crippen molar-refractivity contribution in [3.63, 3.8) is 0 Å².